The quantitative estimate of drug-likeness (QED) is 0.681. The molecule has 1 aromatic carbocycles. The third-order valence-corrected chi connectivity index (χ3v) is 6.08. The maximum Gasteiger partial charge on any atom is 0.335 e. The van der Waals surface area contributed by atoms with Gasteiger partial charge in [-0.25, -0.2) is 17.9 Å². The Kier molecular flexibility index (Phi) is 4.56. The Morgan fingerprint density at radius 1 is 1.20 bits per heavy atom. The number of hydrogen-bond acceptors (Lipinski definition) is 5. The van der Waals surface area contributed by atoms with Crippen molar-refractivity contribution in [2.24, 2.45) is 0 Å². The number of likely N-dealkylation sites (tertiary alicyclic amines) is 1. The molecule has 1 aromatic rings. The minimum absolute atomic E-state index is 0.0276. The highest BCUT2D eigenvalue weighted by Crippen LogP contribution is 2.25. The van der Waals surface area contributed by atoms with Gasteiger partial charge in [0.2, 0.25) is 10.0 Å². The molecule has 25 heavy (non-hydrogen) atoms. The summed E-state index contributed by atoms with van der Waals surface area (Å²) in [6.07, 6.45) is 1.51. The van der Waals surface area contributed by atoms with Crippen molar-refractivity contribution in [3.8, 4) is 0 Å². The van der Waals surface area contributed by atoms with Crippen LogP contribution in [0.3, 0.4) is 0 Å². The molecule has 9 heteroatoms. The van der Waals surface area contributed by atoms with Crippen molar-refractivity contribution in [3.05, 3.63) is 29.8 Å². The lowest BCUT2D eigenvalue weighted by Crippen LogP contribution is -2.50. The van der Waals surface area contributed by atoms with Gasteiger partial charge in [0, 0.05) is 37.5 Å². The Morgan fingerprint density at radius 2 is 1.84 bits per heavy atom. The van der Waals surface area contributed by atoms with E-state index in [0.29, 0.717) is 0 Å². The first kappa shape index (κ1) is 17.8. The van der Waals surface area contributed by atoms with Crippen molar-refractivity contribution in [3.63, 3.8) is 0 Å². The van der Waals surface area contributed by atoms with Crippen molar-refractivity contribution in [2.45, 2.75) is 42.2 Å². The topological polar surface area (TPSA) is 124 Å². The maximum atomic E-state index is 12.6. The number of nitrogens with one attached hydrogen (secondary N) is 1. The summed E-state index contributed by atoms with van der Waals surface area (Å²) in [6, 6.07) is 5.76. The Morgan fingerprint density at radius 3 is 2.40 bits per heavy atom. The van der Waals surface area contributed by atoms with Crippen LogP contribution in [0, 0.1) is 0 Å². The highest BCUT2D eigenvalue weighted by atomic mass is 32.2. The SMILES string of the molecule is O=C(c1cccc(S(=O)(=O)NC2CC2)c1)N1CCC(O)(C(=O)O)CC1. The number of carboxylic acid groups (broad SMARTS) is 1. The summed E-state index contributed by atoms with van der Waals surface area (Å²) < 4.78 is 27.1. The van der Waals surface area contributed by atoms with E-state index in [-0.39, 0.29) is 48.3 Å². The number of piperidine rings is 1. The van der Waals surface area contributed by atoms with E-state index in [4.69, 9.17) is 5.11 Å². The third-order valence-electron chi connectivity index (χ3n) is 4.57. The molecule has 136 valence electrons. The Balaban J connectivity index is 1.73. The monoisotopic (exact) mass is 368 g/mol. The van der Waals surface area contributed by atoms with E-state index in [1.165, 1.54) is 29.2 Å². The summed E-state index contributed by atoms with van der Waals surface area (Å²) in [4.78, 5) is 25.1. The molecule has 3 N–H and O–H groups in total. The van der Waals surface area contributed by atoms with Crippen molar-refractivity contribution in [2.75, 3.05) is 13.1 Å². The van der Waals surface area contributed by atoms with Crippen LogP contribution in [0.1, 0.15) is 36.0 Å². The van der Waals surface area contributed by atoms with Crippen LogP contribution in [0.4, 0.5) is 0 Å². The Hall–Kier alpha value is -1.97. The van der Waals surface area contributed by atoms with Crippen LogP contribution < -0.4 is 4.72 Å². The molecule has 0 radical (unpaired) electrons. The summed E-state index contributed by atoms with van der Waals surface area (Å²) in [6.45, 7) is 0.192. The molecule has 1 saturated carbocycles. The molecule has 1 heterocycles. The van der Waals surface area contributed by atoms with Crippen molar-refractivity contribution < 1.29 is 28.2 Å². The average Bonchev–Trinajstić information content (AvgIpc) is 3.38. The number of aliphatic hydroxyl groups is 1. The molecule has 1 aliphatic heterocycles. The summed E-state index contributed by atoms with van der Waals surface area (Å²) >= 11 is 0. The highest BCUT2D eigenvalue weighted by Gasteiger charge is 2.40. The standard InChI is InChI=1S/C16H20N2O6S/c19-14(18-8-6-16(22,7-9-18)15(20)21)11-2-1-3-13(10-11)25(23,24)17-12-4-5-12/h1-3,10,12,17,22H,4-9H2,(H,20,21). The predicted octanol–water partition coefficient (Wildman–Crippen LogP) is 0.179. The lowest BCUT2D eigenvalue weighted by Gasteiger charge is -2.35. The van der Waals surface area contributed by atoms with Crippen LogP contribution in [0.2, 0.25) is 0 Å². The van der Waals surface area contributed by atoms with Crippen LogP contribution in [-0.4, -0.2) is 60.1 Å². The minimum atomic E-state index is -3.65. The number of hydrogen-bond donors (Lipinski definition) is 3. The van der Waals surface area contributed by atoms with Gasteiger partial charge in [0.05, 0.1) is 4.90 Å². The molecule has 8 nitrogen and oxygen atoms in total. The van der Waals surface area contributed by atoms with Gasteiger partial charge < -0.3 is 15.1 Å². The van der Waals surface area contributed by atoms with Gasteiger partial charge in [-0.05, 0) is 31.0 Å². The van der Waals surface area contributed by atoms with Crippen LogP contribution in [-0.2, 0) is 14.8 Å². The molecule has 0 bridgehead atoms. The number of aliphatic carboxylic acids is 1. The van der Waals surface area contributed by atoms with Gasteiger partial charge in [0.1, 0.15) is 0 Å². The number of rotatable bonds is 5. The molecule has 1 amide bonds. The Bertz CT molecular complexity index is 795. The molecular formula is C16H20N2O6S. The normalized spacial score (nSPS) is 20.3. The van der Waals surface area contributed by atoms with Crippen molar-refractivity contribution >= 4 is 21.9 Å². The van der Waals surface area contributed by atoms with Gasteiger partial charge in [0.15, 0.2) is 5.60 Å². The van der Waals surface area contributed by atoms with E-state index in [0.717, 1.165) is 12.8 Å². The molecule has 0 unspecified atom stereocenters. The smallest absolute Gasteiger partial charge is 0.335 e. The fourth-order valence-electron chi connectivity index (χ4n) is 2.76. The van der Waals surface area contributed by atoms with Crippen LogP contribution in [0.5, 0.6) is 0 Å². The second-order valence-corrected chi connectivity index (χ2v) is 8.27. The first-order valence-electron chi connectivity index (χ1n) is 8.09. The summed E-state index contributed by atoms with van der Waals surface area (Å²) in [5.41, 5.74) is -1.59. The first-order valence-corrected chi connectivity index (χ1v) is 9.57. The number of benzene rings is 1. The maximum absolute atomic E-state index is 12.6. The molecule has 0 aromatic heterocycles. The van der Waals surface area contributed by atoms with E-state index in [9.17, 15) is 23.1 Å². The van der Waals surface area contributed by atoms with E-state index in [1.807, 2.05) is 0 Å². The zero-order chi connectivity index (χ0) is 18.2. The van der Waals surface area contributed by atoms with Gasteiger partial charge >= 0.3 is 5.97 Å². The summed E-state index contributed by atoms with van der Waals surface area (Å²) in [5, 5.41) is 18.9. The first-order chi connectivity index (χ1) is 11.7. The second kappa shape index (κ2) is 6.40. The fraction of sp³-hybridized carbons (Fsp3) is 0.500. The molecule has 2 aliphatic rings. The number of carboxylic acids is 1. The molecular weight excluding hydrogens is 348 g/mol. The predicted molar refractivity (Wildman–Crippen MR) is 87.5 cm³/mol. The largest absolute Gasteiger partial charge is 0.479 e. The molecule has 1 aliphatic carbocycles. The number of carbonyl (C=O) groups is 2. The van der Waals surface area contributed by atoms with Gasteiger partial charge in [-0.2, -0.15) is 0 Å². The average molecular weight is 368 g/mol. The molecule has 2 fully saturated rings. The lowest BCUT2D eigenvalue weighted by atomic mass is 9.91. The third kappa shape index (κ3) is 3.83. The highest BCUT2D eigenvalue weighted by molar-refractivity contribution is 7.89. The molecule has 1 saturated heterocycles. The van der Waals surface area contributed by atoms with E-state index < -0.39 is 21.6 Å². The van der Waals surface area contributed by atoms with Crippen molar-refractivity contribution in [1.29, 1.82) is 0 Å². The second-order valence-electron chi connectivity index (χ2n) is 6.55. The molecule has 0 atom stereocenters. The van der Waals surface area contributed by atoms with Crippen LogP contribution in [0.25, 0.3) is 0 Å². The molecule has 3 rings (SSSR count). The number of sulfonamides is 1. The van der Waals surface area contributed by atoms with E-state index >= 15 is 0 Å². The van der Waals surface area contributed by atoms with E-state index in [1.54, 1.807) is 0 Å². The lowest BCUT2D eigenvalue weighted by molar-refractivity contribution is -0.162. The van der Waals surface area contributed by atoms with E-state index in [2.05, 4.69) is 4.72 Å². The number of carbonyl (C=O) groups excluding carboxylic acids is 1. The zero-order valence-electron chi connectivity index (χ0n) is 13.5. The minimum Gasteiger partial charge on any atom is -0.479 e. The number of nitrogens with zero attached hydrogens (tertiary/aromatic N) is 1. The van der Waals surface area contributed by atoms with Gasteiger partial charge in [0.25, 0.3) is 5.91 Å². The fourth-order valence-corrected chi connectivity index (χ4v) is 4.11. The zero-order valence-corrected chi connectivity index (χ0v) is 14.3. The number of amides is 1. The van der Waals surface area contributed by atoms with Crippen LogP contribution in [0.15, 0.2) is 29.2 Å². The molecule has 0 spiro atoms. The summed E-state index contributed by atoms with van der Waals surface area (Å²) in [5.74, 6) is -1.67. The van der Waals surface area contributed by atoms with Crippen molar-refractivity contribution in [1.82, 2.24) is 9.62 Å². The van der Waals surface area contributed by atoms with Gasteiger partial charge in [-0.1, -0.05) is 6.07 Å². The summed E-state index contributed by atoms with van der Waals surface area (Å²) in [7, 11) is -3.65. The Labute approximate surface area is 145 Å². The van der Waals surface area contributed by atoms with Crippen LogP contribution >= 0.6 is 0 Å². The van der Waals surface area contributed by atoms with Gasteiger partial charge in [-0.3, -0.25) is 4.79 Å². The van der Waals surface area contributed by atoms with Gasteiger partial charge in [-0.15, -0.1) is 0 Å².